The number of aryl methyl sites for hydroxylation is 3. The number of fused-ring (bicyclic) bond motifs is 1. The largest absolute Gasteiger partial charge is 0.494 e. The molecule has 0 spiro atoms. The molecule has 1 aliphatic heterocycles. The van der Waals surface area contributed by atoms with Crippen LogP contribution in [0.15, 0.2) is 66.7 Å². The summed E-state index contributed by atoms with van der Waals surface area (Å²) in [5.74, 6) is 2.90. The van der Waals surface area contributed by atoms with E-state index in [1.165, 1.54) is 5.56 Å². The molecule has 6 nitrogen and oxygen atoms in total. The topological polar surface area (TPSA) is 56.6 Å². The Kier molecular flexibility index (Phi) is 6.94. The lowest BCUT2D eigenvalue weighted by Crippen LogP contribution is -2.24. The van der Waals surface area contributed by atoms with Crippen LogP contribution in [-0.2, 0) is 11.3 Å². The van der Waals surface area contributed by atoms with Gasteiger partial charge < -0.3 is 18.9 Å². The van der Waals surface area contributed by atoms with E-state index in [1.807, 2.05) is 54.3 Å². The third kappa shape index (κ3) is 4.94. The van der Waals surface area contributed by atoms with Crippen molar-refractivity contribution in [2.24, 2.45) is 0 Å². The first-order chi connectivity index (χ1) is 17.5. The van der Waals surface area contributed by atoms with Crippen molar-refractivity contribution in [3.05, 3.63) is 83.7 Å². The van der Waals surface area contributed by atoms with Gasteiger partial charge >= 0.3 is 0 Å². The Bertz CT molecular complexity index is 1360. The molecule has 6 heteroatoms. The highest BCUT2D eigenvalue weighted by atomic mass is 16.5. The Hall–Kier alpha value is -3.80. The van der Waals surface area contributed by atoms with Crippen LogP contribution in [0.4, 0.5) is 5.69 Å². The maximum absolute atomic E-state index is 13.0. The van der Waals surface area contributed by atoms with Crippen molar-refractivity contribution in [1.29, 1.82) is 0 Å². The van der Waals surface area contributed by atoms with Crippen molar-refractivity contribution in [3.63, 3.8) is 0 Å². The fourth-order valence-electron chi connectivity index (χ4n) is 4.93. The van der Waals surface area contributed by atoms with E-state index in [1.54, 1.807) is 0 Å². The monoisotopic (exact) mass is 483 g/mol. The molecule has 36 heavy (non-hydrogen) atoms. The van der Waals surface area contributed by atoms with Gasteiger partial charge in [0.2, 0.25) is 5.91 Å². The van der Waals surface area contributed by atoms with Crippen LogP contribution in [-0.4, -0.2) is 35.2 Å². The Morgan fingerprint density at radius 3 is 2.61 bits per heavy atom. The predicted octanol–water partition coefficient (Wildman–Crippen LogP) is 6.04. The van der Waals surface area contributed by atoms with Gasteiger partial charge in [-0.15, -0.1) is 0 Å². The summed E-state index contributed by atoms with van der Waals surface area (Å²) in [6, 6.07) is 22.3. The van der Waals surface area contributed by atoms with Crippen molar-refractivity contribution in [1.82, 2.24) is 9.55 Å². The molecule has 0 N–H and O–H groups in total. The standard InChI is InChI=1S/C30H33N3O3/c1-4-35-25-14-12-24(13-15-25)33-20-23(19-29(33)34)30-31-26-8-5-6-9-27(26)32(30)16-7-17-36-28-18-21(2)10-11-22(28)3/h5-6,8-15,18,23H,4,7,16-17,19-20H2,1-3H3/t23-/m0/s1. The van der Waals surface area contributed by atoms with Crippen molar-refractivity contribution in [2.45, 2.75) is 46.1 Å². The molecule has 0 unspecified atom stereocenters. The average Bonchev–Trinajstić information content (AvgIpc) is 3.45. The van der Waals surface area contributed by atoms with Crippen LogP contribution in [0.2, 0.25) is 0 Å². The number of rotatable bonds is 9. The van der Waals surface area contributed by atoms with Crippen LogP contribution in [0.3, 0.4) is 0 Å². The first kappa shape index (κ1) is 23.9. The van der Waals surface area contributed by atoms with Gasteiger partial charge in [-0.1, -0.05) is 24.3 Å². The van der Waals surface area contributed by atoms with Gasteiger partial charge in [0.1, 0.15) is 17.3 Å². The van der Waals surface area contributed by atoms with Gasteiger partial charge in [0, 0.05) is 31.1 Å². The Morgan fingerprint density at radius 1 is 1.00 bits per heavy atom. The number of carbonyl (C=O) groups is 1. The zero-order valence-corrected chi connectivity index (χ0v) is 21.2. The molecule has 1 atom stereocenters. The highest BCUT2D eigenvalue weighted by molar-refractivity contribution is 5.96. The number of carbonyl (C=O) groups excluding carboxylic acids is 1. The second-order valence-electron chi connectivity index (χ2n) is 9.41. The summed E-state index contributed by atoms with van der Waals surface area (Å²) >= 11 is 0. The highest BCUT2D eigenvalue weighted by Crippen LogP contribution is 2.34. The summed E-state index contributed by atoms with van der Waals surface area (Å²) in [4.78, 5) is 19.9. The number of hydrogen-bond acceptors (Lipinski definition) is 4. The number of anilines is 1. The van der Waals surface area contributed by atoms with Gasteiger partial charge in [-0.25, -0.2) is 4.98 Å². The molecule has 1 fully saturated rings. The second kappa shape index (κ2) is 10.4. The number of para-hydroxylation sites is 2. The molecule has 1 amide bonds. The van der Waals surface area contributed by atoms with Crippen LogP contribution in [0, 0.1) is 13.8 Å². The van der Waals surface area contributed by atoms with E-state index in [-0.39, 0.29) is 11.8 Å². The first-order valence-corrected chi connectivity index (χ1v) is 12.7. The van der Waals surface area contributed by atoms with Crippen LogP contribution < -0.4 is 14.4 Å². The number of imidazole rings is 1. The van der Waals surface area contributed by atoms with E-state index in [0.717, 1.165) is 52.6 Å². The van der Waals surface area contributed by atoms with Gasteiger partial charge in [-0.05, 0) is 80.8 Å². The Balaban J connectivity index is 1.32. The van der Waals surface area contributed by atoms with E-state index < -0.39 is 0 Å². The van der Waals surface area contributed by atoms with Crippen molar-refractivity contribution < 1.29 is 14.3 Å². The van der Waals surface area contributed by atoms with E-state index in [2.05, 4.69) is 42.7 Å². The van der Waals surface area contributed by atoms with Gasteiger partial charge in [0.05, 0.1) is 24.2 Å². The molecule has 5 rings (SSSR count). The summed E-state index contributed by atoms with van der Waals surface area (Å²) in [6.45, 7) is 8.77. The van der Waals surface area contributed by atoms with E-state index >= 15 is 0 Å². The number of benzene rings is 3. The quantitative estimate of drug-likeness (QED) is 0.272. The minimum absolute atomic E-state index is 0.0383. The van der Waals surface area contributed by atoms with Crippen LogP contribution in [0.1, 0.15) is 42.6 Å². The zero-order valence-electron chi connectivity index (χ0n) is 21.2. The molecular weight excluding hydrogens is 450 g/mol. The van der Waals surface area contributed by atoms with Crippen molar-refractivity contribution in [2.75, 3.05) is 24.7 Å². The van der Waals surface area contributed by atoms with Crippen molar-refractivity contribution >= 4 is 22.6 Å². The summed E-state index contributed by atoms with van der Waals surface area (Å²) in [5.41, 5.74) is 5.31. The average molecular weight is 484 g/mol. The molecule has 3 aromatic carbocycles. The van der Waals surface area contributed by atoms with E-state index in [4.69, 9.17) is 14.5 Å². The predicted molar refractivity (Wildman–Crippen MR) is 143 cm³/mol. The lowest BCUT2D eigenvalue weighted by molar-refractivity contribution is -0.117. The van der Waals surface area contributed by atoms with Gasteiger partial charge in [-0.2, -0.15) is 0 Å². The summed E-state index contributed by atoms with van der Waals surface area (Å²) in [7, 11) is 0. The molecule has 4 aromatic rings. The van der Waals surface area contributed by atoms with Gasteiger partial charge in [0.15, 0.2) is 0 Å². The maximum atomic E-state index is 13.0. The molecule has 0 radical (unpaired) electrons. The fourth-order valence-corrected chi connectivity index (χ4v) is 4.93. The third-order valence-electron chi connectivity index (χ3n) is 6.76. The fraction of sp³-hybridized carbons (Fsp3) is 0.333. The van der Waals surface area contributed by atoms with Crippen LogP contribution >= 0.6 is 0 Å². The van der Waals surface area contributed by atoms with Gasteiger partial charge in [0.25, 0.3) is 0 Å². The molecule has 0 bridgehead atoms. The first-order valence-electron chi connectivity index (χ1n) is 12.7. The number of nitrogens with zero attached hydrogens (tertiary/aromatic N) is 3. The van der Waals surface area contributed by atoms with E-state index in [9.17, 15) is 4.79 Å². The lowest BCUT2D eigenvalue weighted by atomic mass is 10.1. The zero-order chi connectivity index (χ0) is 25.1. The van der Waals surface area contributed by atoms with E-state index in [0.29, 0.717) is 26.2 Å². The summed E-state index contributed by atoms with van der Waals surface area (Å²) < 4.78 is 13.9. The third-order valence-corrected chi connectivity index (χ3v) is 6.76. The van der Waals surface area contributed by atoms with Crippen LogP contribution in [0.25, 0.3) is 11.0 Å². The minimum Gasteiger partial charge on any atom is -0.494 e. The molecule has 186 valence electrons. The highest BCUT2D eigenvalue weighted by Gasteiger charge is 2.34. The molecule has 1 aliphatic rings. The molecule has 0 aliphatic carbocycles. The molecule has 1 aromatic heterocycles. The summed E-state index contributed by atoms with van der Waals surface area (Å²) in [6.07, 6.45) is 1.31. The maximum Gasteiger partial charge on any atom is 0.227 e. The summed E-state index contributed by atoms with van der Waals surface area (Å²) in [5, 5.41) is 0. The second-order valence-corrected chi connectivity index (χ2v) is 9.41. The molecule has 2 heterocycles. The smallest absolute Gasteiger partial charge is 0.227 e. The molecule has 1 saturated heterocycles. The SMILES string of the molecule is CCOc1ccc(N2C[C@@H](c3nc4ccccc4n3CCCOc3cc(C)ccc3C)CC2=O)cc1. The number of ether oxygens (including phenoxy) is 2. The lowest BCUT2D eigenvalue weighted by Gasteiger charge is -2.18. The number of aromatic nitrogens is 2. The van der Waals surface area contributed by atoms with Crippen molar-refractivity contribution in [3.8, 4) is 11.5 Å². The van der Waals surface area contributed by atoms with Gasteiger partial charge in [-0.3, -0.25) is 4.79 Å². The molecule has 0 saturated carbocycles. The number of hydrogen-bond donors (Lipinski definition) is 0. The van der Waals surface area contributed by atoms with Crippen LogP contribution in [0.5, 0.6) is 11.5 Å². The Labute approximate surface area is 212 Å². The minimum atomic E-state index is 0.0383. The number of amides is 1. The Morgan fingerprint density at radius 2 is 1.81 bits per heavy atom. The normalized spacial score (nSPS) is 15.6. The molecular formula is C30H33N3O3.